The first-order valence-corrected chi connectivity index (χ1v) is 11.2. The number of benzene rings is 1. The lowest BCUT2D eigenvalue weighted by molar-refractivity contribution is -0.127. The van der Waals surface area contributed by atoms with E-state index in [1.165, 1.54) is 16.2 Å². The number of furan rings is 2. The predicted octanol–water partition coefficient (Wildman–Crippen LogP) is 5.18. The van der Waals surface area contributed by atoms with Gasteiger partial charge in [0, 0.05) is 10.6 Å². The van der Waals surface area contributed by atoms with Crippen molar-refractivity contribution in [3.63, 3.8) is 0 Å². The molecule has 0 unspecified atom stereocenters. The maximum absolute atomic E-state index is 13.6. The molecule has 1 N–H and O–H groups in total. The number of thiophene rings is 1. The quantitative estimate of drug-likeness (QED) is 0.403. The summed E-state index contributed by atoms with van der Waals surface area (Å²) in [5, 5.41) is 4.82. The Kier molecular flexibility index (Phi) is 6.56. The van der Waals surface area contributed by atoms with Crippen LogP contribution in [-0.4, -0.2) is 11.8 Å². The predicted molar refractivity (Wildman–Crippen MR) is 123 cm³/mol. The Balaban J connectivity index is 1.72. The molecule has 4 aromatic rings. The van der Waals surface area contributed by atoms with Crippen LogP contribution in [0.2, 0.25) is 0 Å². The van der Waals surface area contributed by atoms with E-state index in [-0.39, 0.29) is 24.8 Å². The minimum atomic E-state index is -0.965. The van der Waals surface area contributed by atoms with Crippen LogP contribution in [0.4, 0.5) is 5.69 Å². The SMILES string of the molecule is Cc1cccc(N(C(=O)Cc2cccs2)[C@@H](C(=O)NCc2ccco2)c2ccc(C)o2)c1. The molecule has 4 rings (SSSR count). The Labute approximate surface area is 190 Å². The highest BCUT2D eigenvalue weighted by Gasteiger charge is 2.35. The van der Waals surface area contributed by atoms with Crippen LogP contribution in [0, 0.1) is 13.8 Å². The lowest BCUT2D eigenvalue weighted by Crippen LogP contribution is -2.44. The van der Waals surface area contributed by atoms with Crippen molar-refractivity contribution < 1.29 is 18.4 Å². The van der Waals surface area contributed by atoms with Crippen LogP contribution in [0.15, 0.2) is 81.1 Å². The fourth-order valence-electron chi connectivity index (χ4n) is 3.52. The van der Waals surface area contributed by atoms with E-state index in [1.54, 1.807) is 30.5 Å². The van der Waals surface area contributed by atoms with Gasteiger partial charge in [-0.2, -0.15) is 0 Å². The van der Waals surface area contributed by atoms with Crippen molar-refractivity contribution in [3.8, 4) is 0 Å². The van der Waals surface area contributed by atoms with E-state index in [0.717, 1.165) is 10.4 Å². The van der Waals surface area contributed by atoms with Crippen molar-refractivity contribution in [2.45, 2.75) is 32.9 Å². The maximum atomic E-state index is 13.6. The van der Waals surface area contributed by atoms with Gasteiger partial charge in [0.1, 0.15) is 17.3 Å². The first-order valence-electron chi connectivity index (χ1n) is 10.3. The molecule has 1 aromatic carbocycles. The molecule has 3 aromatic heterocycles. The number of nitrogens with zero attached hydrogens (tertiary/aromatic N) is 1. The van der Waals surface area contributed by atoms with Gasteiger partial charge >= 0.3 is 0 Å². The Morgan fingerprint density at radius 2 is 1.94 bits per heavy atom. The second-order valence-electron chi connectivity index (χ2n) is 7.51. The van der Waals surface area contributed by atoms with Gasteiger partial charge in [0.15, 0.2) is 6.04 Å². The van der Waals surface area contributed by atoms with Crippen LogP contribution in [-0.2, 0) is 22.6 Å². The molecule has 0 spiro atoms. The Bertz CT molecular complexity index is 1180. The van der Waals surface area contributed by atoms with Gasteiger partial charge in [-0.1, -0.05) is 18.2 Å². The molecule has 0 fully saturated rings. The molecule has 164 valence electrons. The van der Waals surface area contributed by atoms with Crippen molar-refractivity contribution in [2.24, 2.45) is 0 Å². The van der Waals surface area contributed by atoms with Gasteiger partial charge in [0.2, 0.25) is 5.91 Å². The molecule has 0 saturated heterocycles. The summed E-state index contributed by atoms with van der Waals surface area (Å²) >= 11 is 1.51. The zero-order valence-electron chi connectivity index (χ0n) is 17.9. The normalized spacial score (nSPS) is 11.8. The number of rotatable bonds is 8. The number of anilines is 1. The molecular weight excluding hydrogens is 424 g/mol. The molecule has 32 heavy (non-hydrogen) atoms. The lowest BCUT2D eigenvalue weighted by Gasteiger charge is -2.30. The summed E-state index contributed by atoms with van der Waals surface area (Å²) < 4.78 is 11.2. The Morgan fingerprint density at radius 3 is 2.59 bits per heavy atom. The summed E-state index contributed by atoms with van der Waals surface area (Å²) in [5.41, 5.74) is 1.63. The van der Waals surface area contributed by atoms with Gasteiger partial charge < -0.3 is 14.2 Å². The molecule has 1 atom stereocenters. The highest BCUT2D eigenvalue weighted by atomic mass is 32.1. The first-order chi connectivity index (χ1) is 15.5. The summed E-state index contributed by atoms with van der Waals surface area (Å²) in [6, 6.07) is 17.5. The second kappa shape index (κ2) is 9.70. The van der Waals surface area contributed by atoms with Crippen molar-refractivity contribution in [1.82, 2.24) is 5.32 Å². The molecule has 7 heteroatoms. The highest BCUT2D eigenvalue weighted by molar-refractivity contribution is 7.10. The summed E-state index contributed by atoms with van der Waals surface area (Å²) in [4.78, 5) is 29.5. The van der Waals surface area contributed by atoms with E-state index in [0.29, 0.717) is 23.0 Å². The van der Waals surface area contributed by atoms with Gasteiger partial charge in [-0.15, -0.1) is 11.3 Å². The van der Waals surface area contributed by atoms with Crippen LogP contribution in [0.1, 0.15) is 33.8 Å². The van der Waals surface area contributed by atoms with E-state index in [4.69, 9.17) is 8.83 Å². The average molecular weight is 449 g/mol. The number of nitrogens with one attached hydrogen (secondary N) is 1. The van der Waals surface area contributed by atoms with Crippen LogP contribution < -0.4 is 10.2 Å². The van der Waals surface area contributed by atoms with E-state index < -0.39 is 6.04 Å². The standard InChI is InChI=1S/C25H24N2O4S/c1-17-6-3-7-19(14-17)27(23(28)15-21-9-5-13-32-21)24(22-11-10-18(2)31-22)25(29)26-16-20-8-4-12-30-20/h3-14,24H,15-16H2,1-2H3,(H,26,29)/t24-/m1/s1. The van der Waals surface area contributed by atoms with Crippen LogP contribution in [0.5, 0.6) is 0 Å². The van der Waals surface area contributed by atoms with Gasteiger partial charge in [-0.3, -0.25) is 14.5 Å². The maximum Gasteiger partial charge on any atom is 0.251 e. The number of carbonyl (C=O) groups excluding carboxylic acids is 2. The number of carbonyl (C=O) groups is 2. The molecule has 6 nitrogen and oxygen atoms in total. The molecule has 0 saturated carbocycles. The number of hydrogen-bond acceptors (Lipinski definition) is 5. The zero-order valence-corrected chi connectivity index (χ0v) is 18.7. The van der Waals surface area contributed by atoms with E-state index in [1.807, 2.05) is 55.6 Å². The molecular formula is C25H24N2O4S. The summed E-state index contributed by atoms with van der Waals surface area (Å²) in [6.45, 7) is 3.98. The average Bonchev–Trinajstić information content (AvgIpc) is 3.53. The number of amides is 2. The third-order valence-corrected chi connectivity index (χ3v) is 5.88. The van der Waals surface area contributed by atoms with Gasteiger partial charge in [-0.05, 0) is 67.3 Å². The molecule has 0 aliphatic heterocycles. The lowest BCUT2D eigenvalue weighted by atomic mass is 10.1. The molecule has 0 radical (unpaired) electrons. The van der Waals surface area contributed by atoms with E-state index >= 15 is 0 Å². The van der Waals surface area contributed by atoms with Crippen molar-refractivity contribution >= 4 is 28.8 Å². The van der Waals surface area contributed by atoms with Crippen molar-refractivity contribution in [2.75, 3.05) is 4.90 Å². The third kappa shape index (κ3) is 5.00. The van der Waals surface area contributed by atoms with Crippen molar-refractivity contribution in [3.05, 3.63) is 100 Å². The van der Waals surface area contributed by atoms with E-state index in [2.05, 4.69) is 5.32 Å². The van der Waals surface area contributed by atoms with E-state index in [9.17, 15) is 9.59 Å². The number of hydrogen-bond donors (Lipinski definition) is 1. The summed E-state index contributed by atoms with van der Waals surface area (Å²) in [7, 11) is 0. The zero-order chi connectivity index (χ0) is 22.5. The highest BCUT2D eigenvalue weighted by Crippen LogP contribution is 2.31. The van der Waals surface area contributed by atoms with Crippen LogP contribution >= 0.6 is 11.3 Å². The number of aryl methyl sites for hydroxylation is 2. The summed E-state index contributed by atoms with van der Waals surface area (Å²) in [5.74, 6) is 1.15. The van der Waals surface area contributed by atoms with Gasteiger partial charge in [0.25, 0.3) is 5.91 Å². The molecule has 3 heterocycles. The van der Waals surface area contributed by atoms with Crippen LogP contribution in [0.3, 0.4) is 0 Å². The second-order valence-corrected chi connectivity index (χ2v) is 8.54. The fourth-order valence-corrected chi connectivity index (χ4v) is 4.22. The molecule has 0 aliphatic rings. The molecule has 2 amide bonds. The van der Waals surface area contributed by atoms with Crippen LogP contribution in [0.25, 0.3) is 0 Å². The third-order valence-electron chi connectivity index (χ3n) is 5.01. The smallest absolute Gasteiger partial charge is 0.251 e. The summed E-state index contributed by atoms with van der Waals surface area (Å²) in [6.07, 6.45) is 1.74. The Morgan fingerprint density at radius 1 is 1.06 bits per heavy atom. The first kappa shape index (κ1) is 21.6. The monoisotopic (exact) mass is 448 g/mol. The fraction of sp³-hybridized carbons (Fsp3) is 0.200. The van der Waals surface area contributed by atoms with Gasteiger partial charge in [0.05, 0.1) is 19.2 Å². The van der Waals surface area contributed by atoms with Gasteiger partial charge in [-0.25, -0.2) is 0 Å². The largest absolute Gasteiger partial charge is 0.467 e. The topological polar surface area (TPSA) is 75.7 Å². The molecule has 0 aliphatic carbocycles. The molecule has 0 bridgehead atoms. The minimum Gasteiger partial charge on any atom is -0.467 e. The Hall–Kier alpha value is -3.58. The minimum absolute atomic E-state index is 0.188. The van der Waals surface area contributed by atoms with Crippen molar-refractivity contribution in [1.29, 1.82) is 0 Å².